The lowest BCUT2D eigenvalue weighted by molar-refractivity contribution is 0.240. The van der Waals surface area contributed by atoms with Crippen LogP contribution in [0.4, 0.5) is 5.69 Å². The van der Waals surface area contributed by atoms with Crippen molar-refractivity contribution >= 4 is 5.69 Å². The highest BCUT2D eigenvalue weighted by Crippen LogP contribution is 2.26. The molecule has 0 fully saturated rings. The van der Waals surface area contributed by atoms with E-state index >= 15 is 0 Å². The molecule has 3 rings (SSSR count). The van der Waals surface area contributed by atoms with Gasteiger partial charge >= 0.3 is 0 Å². The first-order chi connectivity index (χ1) is 13.7. The van der Waals surface area contributed by atoms with E-state index < -0.39 is 0 Å². The van der Waals surface area contributed by atoms with Crippen LogP contribution in [0.2, 0.25) is 0 Å². The van der Waals surface area contributed by atoms with Gasteiger partial charge in [0.05, 0.1) is 18.4 Å². The summed E-state index contributed by atoms with van der Waals surface area (Å²) in [5.74, 6) is 1.81. The Kier molecular flexibility index (Phi) is 7.36. The van der Waals surface area contributed by atoms with Crippen LogP contribution in [0, 0.1) is 0 Å². The lowest BCUT2D eigenvalue weighted by atomic mass is 10.1. The molecule has 146 valence electrons. The monoisotopic (exact) mass is 375 g/mol. The number of hydrogen-bond donors (Lipinski definition) is 1. The van der Waals surface area contributed by atoms with Gasteiger partial charge in [-0.3, -0.25) is 0 Å². The van der Waals surface area contributed by atoms with Crippen LogP contribution in [0.25, 0.3) is 0 Å². The Morgan fingerprint density at radius 2 is 1.46 bits per heavy atom. The van der Waals surface area contributed by atoms with E-state index in [1.807, 2.05) is 56.3 Å². The third-order valence-corrected chi connectivity index (χ3v) is 4.40. The van der Waals surface area contributed by atoms with Crippen LogP contribution in [0.5, 0.6) is 11.5 Å². The van der Waals surface area contributed by atoms with Crippen LogP contribution in [0.1, 0.15) is 31.4 Å². The van der Waals surface area contributed by atoms with Crippen molar-refractivity contribution < 1.29 is 9.47 Å². The molecule has 0 saturated heterocycles. The van der Waals surface area contributed by atoms with Gasteiger partial charge in [-0.25, -0.2) is 0 Å². The summed E-state index contributed by atoms with van der Waals surface area (Å²) < 4.78 is 12.0. The highest BCUT2D eigenvalue weighted by atomic mass is 16.5. The molecule has 28 heavy (non-hydrogen) atoms. The molecule has 0 aliphatic rings. The van der Waals surface area contributed by atoms with Gasteiger partial charge in [0.25, 0.3) is 0 Å². The highest BCUT2D eigenvalue weighted by molar-refractivity contribution is 5.56. The van der Waals surface area contributed by atoms with Gasteiger partial charge < -0.3 is 14.8 Å². The lowest BCUT2D eigenvalue weighted by Gasteiger charge is -2.16. The molecule has 0 aliphatic carbocycles. The fourth-order valence-corrected chi connectivity index (χ4v) is 3.05. The number of aryl methyl sites for hydroxylation is 1. The third-order valence-electron chi connectivity index (χ3n) is 4.40. The minimum absolute atomic E-state index is 0.154. The van der Waals surface area contributed by atoms with E-state index in [0.29, 0.717) is 13.2 Å². The summed E-state index contributed by atoms with van der Waals surface area (Å²) in [4.78, 5) is 0. The predicted molar refractivity (Wildman–Crippen MR) is 116 cm³/mol. The Morgan fingerprint density at radius 3 is 2.25 bits per heavy atom. The van der Waals surface area contributed by atoms with E-state index in [1.54, 1.807) is 0 Å². The number of hydrogen-bond acceptors (Lipinski definition) is 3. The van der Waals surface area contributed by atoms with Gasteiger partial charge in [-0.1, -0.05) is 60.7 Å². The Bertz CT molecular complexity index is 846. The number of anilines is 1. The van der Waals surface area contributed by atoms with E-state index in [0.717, 1.165) is 35.6 Å². The second-order valence-corrected chi connectivity index (χ2v) is 7.06. The van der Waals surface area contributed by atoms with Gasteiger partial charge in [-0.2, -0.15) is 0 Å². The molecule has 0 amide bonds. The maximum atomic E-state index is 6.05. The summed E-state index contributed by atoms with van der Waals surface area (Å²) in [5, 5.41) is 3.50. The van der Waals surface area contributed by atoms with Gasteiger partial charge in [0.15, 0.2) is 0 Å². The zero-order valence-corrected chi connectivity index (χ0v) is 16.7. The zero-order chi connectivity index (χ0) is 19.6. The van der Waals surface area contributed by atoms with Gasteiger partial charge in [-0.05, 0) is 50.5 Å². The summed E-state index contributed by atoms with van der Waals surface area (Å²) in [7, 11) is 0. The van der Waals surface area contributed by atoms with Crippen molar-refractivity contribution in [3.05, 3.63) is 90.0 Å². The van der Waals surface area contributed by atoms with Crippen LogP contribution in [0.15, 0.2) is 78.9 Å². The molecular weight excluding hydrogens is 346 g/mol. The third kappa shape index (κ3) is 6.05. The molecule has 0 aromatic heterocycles. The van der Waals surface area contributed by atoms with E-state index in [9.17, 15) is 0 Å². The van der Waals surface area contributed by atoms with Crippen LogP contribution >= 0.6 is 0 Å². The van der Waals surface area contributed by atoms with Gasteiger partial charge in [0, 0.05) is 12.1 Å². The lowest BCUT2D eigenvalue weighted by Crippen LogP contribution is -2.09. The molecule has 3 nitrogen and oxygen atoms in total. The van der Waals surface area contributed by atoms with Gasteiger partial charge in [-0.15, -0.1) is 0 Å². The molecule has 0 saturated carbocycles. The summed E-state index contributed by atoms with van der Waals surface area (Å²) in [6.45, 7) is 5.47. The molecule has 0 bridgehead atoms. The topological polar surface area (TPSA) is 30.5 Å². The van der Waals surface area contributed by atoms with Crippen molar-refractivity contribution in [2.75, 3.05) is 11.9 Å². The normalized spacial score (nSPS) is 10.7. The van der Waals surface area contributed by atoms with Gasteiger partial charge in [0.1, 0.15) is 11.5 Å². The number of para-hydroxylation sites is 3. The maximum Gasteiger partial charge on any atom is 0.142 e. The average molecular weight is 376 g/mol. The molecule has 0 atom stereocenters. The summed E-state index contributed by atoms with van der Waals surface area (Å²) in [6.07, 6.45) is 2.17. The molecule has 3 aromatic carbocycles. The van der Waals surface area contributed by atoms with Crippen molar-refractivity contribution in [3.63, 3.8) is 0 Å². The Hall–Kier alpha value is -2.94. The van der Waals surface area contributed by atoms with Gasteiger partial charge in [0.2, 0.25) is 0 Å². The smallest absolute Gasteiger partial charge is 0.142 e. The Morgan fingerprint density at radius 1 is 0.786 bits per heavy atom. The van der Waals surface area contributed by atoms with Crippen molar-refractivity contribution in [1.82, 2.24) is 0 Å². The summed E-state index contributed by atoms with van der Waals surface area (Å²) in [5.41, 5.74) is 3.48. The number of nitrogens with one attached hydrogen (secondary N) is 1. The molecule has 0 aliphatic heterocycles. The maximum absolute atomic E-state index is 6.05. The van der Waals surface area contributed by atoms with Crippen molar-refractivity contribution in [3.8, 4) is 11.5 Å². The number of rotatable bonds is 10. The Balaban J connectivity index is 1.55. The first-order valence-electron chi connectivity index (χ1n) is 9.96. The van der Waals surface area contributed by atoms with E-state index in [-0.39, 0.29) is 6.10 Å². The molecule has 0 radical (unpaired) electrons. The molecule has 0 heterocycles. The minimum Gasteiger partial charge on any atom is -0.491 e. The predicted octanol–water partition coefficient (Wildman–Crippen LogP) is 6.10. The van der Waals surface area contributed by atoms with E-state index in [2.05, 4.69) is 41.7 Å². The molecule has 1 N–H and O–H groups in total. The molecule has 0 spiro atoms. The molecule has 3 aromatic rings. The van der Waals surface area contributed by atoms with E-state index in [4.69, 9.17) is 9.47 Å². The average Bonchev–Trinajstić information content (AvgIpc) is 2.72. The number of benzene rings is 3. The second kappa shape index (κ2) is 10.4. The first kappa shape index (κ1) is 19.8. The Labute approximate surface area is 168 Å². The first-order valence-corrected chi connectivity index (χ1v) is 9.96. The van der Waals surface area contributed by atoms with Crippen LogP contribution in [-0.2, 0) is 13.0 Å². The standard InChI is InChI=1S/C25H29NO2/c1-20(2)28-24-16-8-6-14-22(24)19-26-23-15-7-9-17-25(23)27-18-10-13-21-11-4-3-5-12-21/h3-9,11-12,14-17,20,26H,10,13,18-19H2,1-2H3. The second-order valence-electron chi connectivity index (χ2n) is 7.06. The molecule has 3 heteroatoms. The number of ether oxygens (including phenoxy) is 2. The molecule has 0 unspecified atom stereocenters. The van der Waals surface area contributed by atoms with E-state index in [1.165, 1.54) is 5.56 Å². The van der Waals surface area contributed by atoms with Crippen molar-refractivity contribution in [1.29, 1.82) is 0 Å². The molecular formula is C25H29NO2. The fraction of sp³-hybridized carbons (Fsp3) is 0.280. The highest BCUT2D eigenvalue weighted by Gasteiger charge is 2.07. The van der Waals surface area contributed by atoms with Crippen LogP contribution < -0.4 is 14.8 Å². The summed E-state index contributed by atoms with van der Waals surface area (Å²) in [6, 6.07) is 26.8. The minimum atomic E-state index is 0.154. The fourth-order valence-electron chi connectivity index (χ4n) is 3.05. The van der Waals surface area contributed by atoms with Crippen LogP contribution in [-0.4, -0.2) is 12.7 Å². The van der Waals surface area contributed by atoms with Crippen LogP contribution in [0.3, 0.4) is 0 Å². The quantitative estimate of drug-likeness (QED) is 0.435. The largest absolute Gasteiger partial charge is 0.491 e. The zero-order valence-electron chi connectivity index (χ0n) is 16.7. The SMILES string of the molecule is CC(C)Oc1ccccc1CNc1ccccc1OCCCc1ccccc1. The van der Waals surface area contributed by atoms with Crippen molar-refractivity contribution in [2.45, 2.75) is 39.3 Å². The summed E-state index contributed by atoms with van der Waals surface area (Å²) >= 11 is 0. The van der Waals surface area contributed by atoms with Crippen molar-refractivity contribution in [2.24, 2.45) is 0 Å².